The van der Waals surface area contributed by atoms with Gasteiger partial charge in [0.1, 0.15) is 18.1 Å². The zero-order chi connectivity index (χ0) is 47.0. The van der Waals surface area contributed by atoms with Crippen molar-refractivity contribution in [2.75, 3.05) is 37.7 Å². The molecule has 9 amide bonds. The van der Waals surface area contributed by atoms with Gasteiger partial charge >= 0.3 is 0 Å². The number of azo groups is 1. The van der Waals surface area contributed by atoms with E-state index in [9.17, 15) is 43.2 Å². The molecule has 0 saturated heterocycles. The maximum absolute atomic E-state index is 13.3. The van der Waals surface area contributed by atoms with Gasteiger partial charge in [-0.15, -0.1) is 0 Å². The van der Waals surface area contributed by atoms with Gasteiger partial charge in [0.15, 0.2) is 0 Å². The second-order valence-corrected chi connectivity index (χ2v) is 17.7. The van der Waals surface area contributed by atoms with Crippen LogP contribution in [0.25, 0.3) is 10.9 Å². The zero-order valence-electron chi connectivity index (χ0n) is 36.3. The third-order valence-corrected chi connectivity index (χ3v) is 12.3. The molecule has 0 fully saturated rings. The topological polar surface area (TPSA) is 330 Å². The minimum atomic E-state index is -1.23. The van der Waals surface area contributed by atoms with E-state index in [2.05, 4.69) is 59.4 Å². The molecule has 0 saturated carbocycles. The fourth-order valence-corrected chi connectivity index (χ4v) is 8.32. The minimum absolute atomic E-state index is 0.0305. The van der Waals surface area contributed by atoms with Gasteiger partial charge in [0.2, 0.25) is 53.2 Å². The number of rotatable bonds is 30. The molecule has 2 heterocycles. The molecule has 0 radical (unpaired) electrons. The summed E-state index contributed by atoms with van der Waals surface area (Å²) in [6.07, 6.45) is 7.94. The van der Waals surface area contributed by atoms with E-state index < -0.39 is 91.6 Å². The molecular formula is C41H60N12O9S2. The van der Waals surface area contributed by atoms with Gasteiger partial charge in [0.05, 0.1) is 37.9 Å². The maximum atomic E-state index is 13.3. The Kier molecular flexibility index (Phi) is 22.9. The second kappa shape index (κ2) is 28.0. The van der Waals surface area contributed by atoms with Crippen molar-refractivity contribution in [2.24, 2.45) is 27.6 Å². The number of carbonyl (C=O) groups excluding carboxylic acids is 9. The lowest BCUT2D eigenvalue weighted by atomic mass is 10.0. The number of para-hydroxylation sites is 1. The van der Waals surface area contributed by atoms with Crippen LogP contribution < -0.4 is 48.7 Å². The summed E-state index contributed by atoms with van der Waals surface area (Å²) in [7, 11) is 2.22. The smallest absolute Gasteiger partial charge is 0.243 e. The first-order valence-corrected chi connectivity index (χ1v) is 23.5. The van der Waals surface area contributed by atoms with Crippen molar-refractivity contribution in [3.05, 3.63) is 47.8 Å². The lowest BCUT2D eigenvalue weighted by molar-refractivity contribution is -0.131. The van der Waals surface area contributed by atoms with Crippen molar-refractivity contribution in [3.63, 3.8) is 0 Å². The van der Waals surface area contributed by atoms with Crippen LogP contribution in [0.1, 0.15) is 71.3 Å². The SMILES string of the molecule is CCCCC1C=C(C[C@H](NC(=O)CNC(=O)CNC(=O)CNC(=O)[C@H](CSSC[C@H](NC(=O)C[C@@H](C)CC)C(N)=O)NC(=O)CNC(=O)CCc2c[nH]c3ccccc23)C(N)=O)N=N1. The molecule has 0 spiro atoms. The van der Waals surface area contributed by atoms with Crippen molar-refractivity contribution in [1.82, 2.24) is 42.2 Å². The molecule has 21 nitrogen and oxygen atoms in total. The summed E-state index contributed by atoms with van der Waals surface area (Å²) in [5, 5.41) is 26.4. The normalized spacial score (nSPS) is 14.9. The first kappa shape index (κ1) is 52.4. The Morgan fingerprint density at radius 1 is 0.734 bits per heavy atom. The maximum Gasteiger partial charge on any atom is 0.243 e. The van der Waals surface area contributed by atoms with Crippen LogP contribution in [0.5, 0.6) is 0 Å². The summed E-state index contributed by atoms with van der Waals surface area (Å²) in [5.41, 5.74) is 13.4. The molecular weight excluding hydrogens is 869 g/mol. The molecule has 0 aliphatic carbocycles. The minimum Gasteiger partial charge on any atom is -0.368 e. The van der Waals surface area contributed by atoms with Gasteiger partial charge in [0, 0.05) is 47.9 Å². The number of amides is 9. The predicted molar refractivity (Wildman–Crippen MR) is 243 cm³/mol. The monoisotopic (exact) mass is 928 g/mol. The van der Waals surface area contributed by atoms with Gasteiger partial charge in [-0.05, 0) is 36.5 Å². The number of aromatic amines is 1. The van der Waals surface area contributed by atoms with Gasteiger partial charge in [0.25, 0.3) is 0 Å². The number of aryl methyl sites for hydroxylation is 1. The average molecular weight is 929 g/mol. The van der Waals surface area contributed by atoms with Crippen LogP contribution in [-0.2, 0) is 49.6 Å². The number of fused-ring (bicyclic) bond motifs is 1. The number of carbonyl (C=O) groups is 9. The number of aromatic nitrogens is 1. The highest BCUT2D eigenvalue weighted by Gasteiger charge is 2.25. The van der Waals surface area contributed by atoms with Crippen LogP contribution in [0.4, 0.5) is 0 Å². The van der Waals surface area contributed by atoms with Crippen LogP contribution in [0.3, 0.4) is 0 Å². The van der Waals surface area contributed by atoms with Gasteiger partial charge < -0.3 is 53.7 Å². The first-order valence-electron chi connectivity index (χ1n) is 21.0. The summed E-state index contributed by atoms with van der Waals surface area (Å²) >= 11 is 0. The van der Waals surface area contributed by atoms with Crippen molar-refractivity contribution >= 4 is 85.7 Å². The zero-order valence-corrected chi connectivity index (χ0v) is 37.9. The number of hydrogen-bond donors (Lipinski definition) is 10. The van der Waals surface area contributed by atoms with Crippen molar-refractivity contribution in [3.8, 4) is 0 Å². The molecule has 1 aromatic carbocycles. The summed E-state index contributed by atoms with van der Waals surface area (Å²) < 4.78 is 0. The summed E-state index contributed by atoms with van der Waals surface area (Å²) in [6.45, 7) is 3.77. The highest BCUT2D eigenvalue weighted by atomic mass is 33.1. The summed E-state index contributed by atoms with van der Waals surface area (Å²) in [4.78, 5) is 116. The number of nitrogens with two attached hydrogens (primary N) is 2. The van der Waals surface area contributed by atoms with Crippen molar-refractivity contribution < 1.29 is 43.2 Å². The number of nitrogens with one attached hydrogen (secondary N) is 8. The van der Waals surface area contributed by atoms with E-state index in [-0.39, 0.29) is 48.6 Å². The van der Waals surface area contributed by atoms with Crippen LogP contribution >= 0.6 is 21.6 Å². The number of H-pyrrole nitrogens is 1. The molecule has 1 aromatic heterocycles. The van der Waals surface area contributed by atoms with E-state index in [1.165, 1.54) is 0 Å². The number of primary amides is 2. The van der Waals surface area contributed by atoms with Gasteiger partial charge in [-0.25, -0.2) is 0 Å². The quantitative estimate of drug-likeness (QED) is 0.0370. The number of hydrogen-bond acceptors (Lipinski definition) is 13. The molecule has 64 heavy (non-hydrogen) atoms. The lowest BCUT2D eigenvalue weighted by Gasteiger charge is -2.19. The number of nitrogens with zero attached hydrogens (tertiary/aromatic N) is 2. The van der Waals surface area contributed by atoms with Crippen molar-refractivity contribution in [2.45, 2.75) is 96.3 Å². The van der Waals surface area contributed by atoms with Crippen LogP contribution in [0.2, 0.25) is 0 Å². The Morgan fingerprint density at radius 2 is 1.31 bits per heavy atom. The largest absolute Gasteiger partial charge is 0.368 e. The molecule has 23 heteroatoms. The third-order valence-electron chi connectivity index (χ3n) is 9.84. The van der Waals surface area contributed by atoms with E-state index in [4.69, 9.17) is 11.5 Å². The van der Waals surface area contributed by atoms with E-state index in [1.807, 2.05) is 50.4 Å². The summed E-state index contributed by atoms with van der Waals surface area (Å²) in [5.74, 6) is -5.85. The molecule has 1 aliphatic heterocycles. The molecule has 2 aromatic rings. The fraction of sp³-hybridized carbons (Fsp3) is 0.537. The third kappa shape index (κ3) is 19.6. The first-order chi connectivity index (χ1) is 30.6. The average Bonchev–Trinajstić information content (AvgIpc) is 3.91. The van der Waals surface area contributed by atoms with E-state index in [0.29, 0.717) is 12.1 Å². The Bertz CT molecular complexity index is 2030. The van der Waals surface area contributed by atoms with Gasteiger partial charge in [-0.1, -0.05) is 79.8 Å². The molecule has 1 aliphatic rings. The second-order valence-electron chi connectivity index (χ2n) is 15.1. The van der Waals surface area contributed by atoms with Crippen LogP contribution in [0, 0.1) is 5.92 Å². The predicted octanol–water partition coefficient (Wildman–Crippen LogP) is 0.107. The Hall–Kier alpha value is -5.97. The van der Waals surface area contributed by atoms with Crippen LogP contribution in [-0.4, -0.2) is 120 Å². The Morgan fingerprint density at radius 3 is 1.95 bits per heavy atom. The van der Waals surface area contributed by atoms with Gasteiger partial charge in [-0.3, -0.25) is 43.2 Å². The number of benzene rings is 1. The Labute approximate surface area is 379 Å². The Balaban J connectivity index is 1.48. The number of unbranched alkanes of at least 4 members (excludes halogenated alkanes) is 1. The van der Waals surface area contributed by atoms with E-state index in [0.717, 1.165) is 63.7 Å². The fourth-order valence-electron chi connectivity index (χ4n) is 5.97. The van der Waals surface area contributed by atoms with Gasteiger partial charge in [-0.2, -0.15) is 10.2 Å². The van der Waals surface area contributed by atoms with Crippen molar-refractivity contribution in [1.29, 1.82) is 0 Å². The molecule has 5 atom stereocenters. The lowest BCUT2D eigenvalue weighted by Crippen LogP contribution is -2.52. The molecule has 0 bridgehead atoms. The van der Waals surface area contributed by atoms with Crippen LogP contribution in [0.15, 0.2) is 52.5 Å². The van der Waals surface area contributed by atoms with E-state index in [1.54, 1.807) is 0 Å². The standard InChI is InChI=1S/C41H60N12O9S2/c1-4-6-9-26-15-27(53-52-26)16-30(39(42)60)49-37(58)21-47-35(56)18-46-36(57)19-48-41(62)32(23-64-63-22-31(40(43)61)50-34(55)14-24(3)5-2)51-38(59)20-45-33(54)13-12-25-17-44-29-11-8-7-10-28(25)29/h7-8,10-11,15,17,24,26,30-32,44H,4-6,9,12-14,16,18-23H2,1-3H3,(H2,42,60)(H2,43,61)(H,45,54)(H,46,57)(H,47,56)(H,48,62)(H,49,58)(H,50,55)(H,51,59)/t24-,26?,30-,31-,32-/m0/s1. The molecule has 350 valence electrons. The van der Waals surface area contributed by atoms with E-state index >= 15 is 0 Å². The molecule has 1 unspecified atom stereocenters. The highest BCUT2D eigenvalue weighted by molar-refractivity contribution is 8.76. The molecule has 3 rings (SSSR count). The molecule has 12 N–H and O–H groups in total. The highest BCUT2D eigenvalue weighted by Crippen LogP contribution is 2.24. The summed E-state index contributed by atoms with van der Waals surface area (Å²) in [6, 6.07) is 4.25.